The van der Waals surface area contributed by atoms with Crippen LogP contribution in [-0.2, 0) is 10.0 Å². The molecule has 0 spiro atoms. The maximum absolute atomic E-state index is 13.4. The van der Waals surface area contributed by atoms with Gasteiger partial charge in [-0.05, 0) is 41.9 Å². The van der Waals surface area contributed by atoms with Crippen molar-refractivity contribution in [2.75, 3.05) is 13.1 Å². The van der Waals surface area contributed by atoms with Crippen molar-refractivity contribution in [1.29, 1.82) is 0 Å². The van der Waals surface area contributed by atoms with Gasteiger partial charge in [-0.1, -0.05) is 37.1 Å². The number of hydrogen-bond acceptors (Lipinski definition) is 5. The third-order valence-corrected chi connectivity index (χ3v) is 7.50. The average molecular weight is 426 g/mol. The van der Waals surface area contributed by atoms with Gasteiger partial charge >= 0.3 is 7.12 Å². The molecule has 0 aliphatic carbocycles. The van der Waals surface area contributed by atoms with Gasteiger partial charge in [0, 0.05) is 35.9 Å². The lowest BCUT2D eigenvalue weighted by atomic mass is 9.75. The van der Waals surface area contributed by atoms with Crippen molar-refractivity contribution >= 4 is 39.3 Å². The lowest BCUT2D eigenvalue weighted by molar-refractivity contribution is 0.103. The van der Waals surface area contributed by atoms with Crippen LogP contribution in [0.15, 0.2) is 53.6 Å². The molecule has 3 N–H and O–H groups in total. The van der Waals surface area contributed by atoms with Crippen LogP contribution in [0, 0.1) is 0 Å². The maximum Gasteiger partial charge on any atom is 0.489 e. The van der Waals surface area contributed by atoms with Gasteiger partial charge in [-0.15, -0.1) is 0 Å². The number of aromatic amines is 1. The highest BCUT2D eigenvalue weighted by Gasteiger charge is 2.33. The summed E-state index contributed by atoms with van der Waals surface area (Å²) < 4.78 is 28.3. The van der Waals surface area contributed by atoms with E-state index < -0.39 is 22.9 Å². The fraction of sp³-hybridized carbons (Fsp3) is 0.286. The quantitative estimate of drug-likeness (QED) is 0.425. The second-order valence-electron chi connectivity index (χ2n) is 7.52. The summed E-state index contributed by atoms with van der Waals surface area (Å²) in [6.07, 6.45) is 5.19. The van der Waals surface area contributed by atoms with Gasteiger partial charge in [0.2, 0.25) is 10.0 Å². The molecule has 9 heteroatoms. The number of hydrogen-bond donors (Lipinski definition) is 3. The first-order valence-corrected chi connectivity index (χ1v) is 11.4. The van der Waals surface area contributed by atoms with Crippen molar-refractivity contribution in [3.8, 4) is 0 Å². The molecular formula is C21H23BN2O5S. The van der Waals surface area contributed by atoms with E-state index in [1.54, 1.807) is 24.4 Å². The van der Waals surface area contributed by atoms with E-state index in [4.69, 9.17) is 0 Å². The van der Waals surface area contributed by atoms with Crippen molar-refractivity contribution < 1.29 is 23.3 Å². The number of nitrogens with zero attached hydrogens (tertiary/aromatic N) is 1. The highest BCUT2D eigenvalue weighted by Crippen LogP contribution is 2.25. The molecule has 1 aliphatic heterocycles. The Morgan fingerprint density at radius 1 is 1.00 bits per heavy atom. The molecule has 0 bridgehead atoms. The van der Waals surface area contributed by atoms with Gasteiger partial charge in [0.1, 0.15) is 0 Å². The van der Waals surface area contributed by atoms with E-state index >= 15 is 0 Å². The molecule has 2 heterocycles. The Labute approximate surface area is 175 Å². The smallest absolute Gasteiger partial charge is 0.423 e. The fourth-order valence-corrected chi connectivity index (χ4v) is 5.71. The first-order valence-electron chi connectivity index (χ1n) is 10.0. The van der Waals surface area contributed by atoms with Crippen LogP contribution in [0.5, 0.6) is 0 Å². The summed E-state index contributed by atoms with van der Waals surface area (Å²) >= 11 is 0. The van der Waals surface area contributed by atoms with Crippen LogP contribution >= 0.6 is 0 Å². The molecular weight excluding hydrogens is 403 g/mol. The summed E-state index contributed by atoms with van der Waals surface area (Å²) in [4.78, 5) is 16.3. The lowest BCUT2D eigenvalue weighted by Gasteiger charge is -2.22. The number of H-pyrrole nitrogens is 1. The van der Waals surface area contributed by atoms with E-state index in [1.165, 1.54) is 22.5 Å². The van der Waals surface area contributed by atoms with Gasteiger partial charge < -0.3 is 15.0 Å². The molecule has 0 radical (unpaired) electrons. The fourth-order valence-electron chi connectivity index (χ4n) is 3.98. The summed E-state index contributed by atoms with van der Waals surface area (Å²) in [5.41, 5.74) is 0.690. The highest BCUT2D eigenvalue weighted by atomic mass is 32.2. The van der Waals surface area contributed by atoms with Crippen LogP contribution in [0.2, 0.25) is 0 Å². The molecule has 30 heavy (non-hydrogen) atoms. The lowest BCUT2D eigenvalue weighted by Crippen LogP contribution is -2.39. The van der Waals surface area contributed by atoms with Gasteiger partial charge in [0.05, 0.1) is 4.90 Å². The van der Waals surface area contributed by atoms with Crippen LogP contribution in [0.3, 0.4) is 0 Å². The van der Waals surface area contributed by atoms with E-state index in [0.29, 0.717) is 13.1 Å². The molecule has 1 aromatic heterocycles. The molecule has 156 valence electrons. The molecule has 0 unspecified atom stereocenters. The minimum Gasteiger partial charge on any atom is -0.423 e. The topological polar surface area (TPSA) is 111 Å². The van der Waals surface area contributed by atoms with Crippen molar-refractivity contribution in [1.82, 2.24) is 9.29 Å². The summed E-state index contributed by atoms with van der Waals surface area (Å²) in [5, 5.41) is 20.7. The normalized spacial score (nSPS) is 15.8. The van der Waals surface area contributed by atoms with E-state index in [0.717, 1.165) is 36.6 Å². The van der Waals surface area contributed by atoms with Gasteiger partial charge in [-0.2, -0.15) is 4.31 Å². The zero-order valence-electron chi connectivity index (χ0n) is 16.4. The maximum atomic E-state index is 13.4. The second kappa shape index (κ2) is 8.35. The molecule has 2 aromatic carbocycles. The zero-order valence-corrected chi connectivity index (χ0v) is 17.2. The SMILES string of the molecule is O=C(c1ccc2cc[nH]c2c1)c1c(B(O)O)cccc1S(=O)(=O)N1CCCCCC1. The Balaban J connectivity index is 1.86. The van der Waals surface area contributed by atoms with Crippen LogP contribution < -0.4 is 5.46 Å². The van der Waals surface area contributed by atoms with E-state index in [2.05, 4.69) is 4.98 Å². The minimum absolute atomic E-state index is 0.123. The number of aromatic nitrogens is 1. The molecule has 0 atom stereocenters. The van der Waals surface area contributed by atoms with Gasteiger partial charge in [-0.3, -0.25) is 4.79 Å². The number of benzene rings is 2. The molecule has 0 amide bonds. The average Bonchev–Trinajstić information content (AvgIpc) is 3.03. The molecule has 7 nitrogen and oxygen atoms in total. The zero-order chi connectivity index (χ0) is 21.3. The number of sulfonamides is 1. The van der Waals surface area contributed by atoms with Crippen molar-refractivity contribution in [3.63, 3.8) is 0 Å². The predicted octanol–water partition coefficient (Wildman–Crippen LogP) is 1.64. The van der Waals surface area contributed by atoms with Crippen molar-refractivity contribution in [2.45, 2.75) is 30.6 Å². The monoisotopic (exact) mass is 426 g/mol. The third kappa shape index (κ3) is 3.81. The summed E-state index contributed by atoms with van der Waals surface area (Å²) in [5.74, 6) is -0.566. The Bertz CT molecular complexity index is 1180. The number of nitrogens with one attached hydrogen (secondary N) is 1. The summed E-state index contributed by atoms with van der Waals surface area (Å²) in [7, 11) is -5.95. The van der Waals surface area contributed by atoms with Gasteiger partial charge in [-0.25, -0.2) is 8.42 Å². The minimum atomic E-state index is -3.97. The van der Waals surface area contributed by atoms with E-state index in [-0.39, 0.29) is 21.5 Å². The Kier molecular flexibility index (Phi) is 5.79. The highest BCUT2D eigenvalue weighted by molar-refractivity contribution is 7.89. The van der Waals surface area contributed by atoms with E-state index in [1.807, 2.05) is 6.07 Å². The van der Waals surface area contributed by atoms with Crippen LogP contribution in [0.1, 0.15) is 41.6 Å². The first-order chi connectivity index (χ1) is 14.4. The first kappa shape index (κ1) is 20.8. The van der Waals surface area contributed by atoms with Crippen LogP contribution in [0.4, 0.5) is 0 Å². The number of carbonyl (C=O) groups excluding carboxylic acids is 1. The van der Waals surface area contributed by atoms with Gasteiger partial charge in [0.15, 0.2) is 5.78 Å². The second-order valence-corrected chi connectivity index (χ2v) is 9.43. The number of carbonyl (C=O) groups is 1. The summed E-state index contributed by atoms with van der Waals surface area (Å²) in [6.45, 7) is 0.770. The number of ketones is 1. The van der Waals surface area contributed by atoms with E-state index in [9.17, 15) is 23.3 Å². The molecule has 4 rings (SSSR count). The van der Waals surface area contributed by atoms with Crippen LogP contribution in [-0.4, -0.2) is 53.7 Å². The molecule has 1 fully saturated rings. The number of rotatable bonds is 5. The Morgan fingerprint density at radius 2 is 1.73 bits per heavy atom. The molecule has 0 saturated carbocycles. The standard InChI is InChI=1S/C21H23BN2O5S/c25-21(16-9-8-15-10-11-23-18(15)14-16)20-17(22(26)27)6-5-7-19(20)30(28,29)24-12-3-1-2-4-13-24/h5-11,14,23,26-27H,1-4,12-13H2. The Hall–Kier alpha value is -2.46. The number of fused-ring (bicyclic) bond motifs is 1. The summed E-state index contributed by atoms with van der Waals surface area (Å²) in [6, 6.07) is 11.1. The molecule has 1 saturated heterocycles. The third-order valence-electron chi connectivity index (χ3n) is 5.56. The van der Waals surface area contributed by atoms with Crippen LogP contribution in [0.25, 0.3) is 10.9 Å². The largest absolute Gasteiger partial charge is 0.489 e. The van der Waals surface area contributed by atoms with Gasteiger partial charge in [0.25, 0.3) is 0 Å². The van der Waals surface area contributed by atoms with Crippen molar-refractivity contribution in [2.24, 2.45) is 0 Å². The van der Waals surface area contributed by atoms with Crippen molar-refractivity contribution in [3.05, 3.63) is 59.8 Å². The molecule has 3 aromatic rings. The Morgan fingerprint density at radius 3 is 2.43 bits per heavy atom. The molecule has 1 aliphatic rings. The predicted molar refractivity (Wildman–Crippen MR) is 115 cm³/mol.